The Morgan fingerprint density at radius 2 is 2.11 bits per heavy atom. The van der Waals surface area contributed by atoms with Crippen molar-refractivity contribution < 1.29 is 5.11 Å². The van der Waals surface area contributed by atoms with E-state index in [4.69, 9.17) is 0 Å². The van der Waals surface area contributed by atoms with E-state index in [1.54, 1.807) is 10.9 Å². The van der Waals surface area contributed by atoms with Gasteiger partial charge < -0.3 is 10.0 Å². The Bertz CT molecular complexity index is 1050. The highest BCUT2D eigenvalue weighted by molar-refractivity contribution is 5.95. The van der Waals surface area contributed by atoms with E-state index in [-0.39, 0.29) is 18.4 Å². The highest BCUT2D eigenvalue weighted by Crippen LogP contribution is 2.39. The molecule has 1 fully saturated rings. The van der Waals surface area contributed by atoms with Gasteiger partial charge in [0.05, 0.1) is 23.0 Å². The van der Waals surface area contributed by atoms with Gasteiger partial charge in [0, 0.05) is 56.4 Å². The fraction of sp³-hybridized carbons (Fsp3) is 0.409. The molecule has 1 N–H and O–H groups in total. The highest BCUT2D eigenvalue weighted by Gasteiger charge is 2.35. The second-order valence-electron chi connectivity index (χ2n) is 7.97. The highest BCUT2D eigenvalue weighted by atomic mass is 16.3. The molecular formula is C22H25N5O. The van der Waals surface area contributed by atoms with Crippen molar-refractivity contribution >= 4 is 16.6 Å². The van der Waals surface area contributed by atoms with E-state index in [9.17, 15) is 10.4 Å². The third-order valence-electron chi connectivity index (χ3n) is 5.80. The summed E-state index contributed by atoms with van der Waals surface area (Å²) in [5, 5.41) is 25.0. The lowest BCUT2D eigenvalue weighted by atomic mass is 9.92. The molecule has 1 aliphatic rings. The molecule has 6 heteroatoms. The van der Waals surface area contributed by atoms with E-state index in [1.165, 1.54) is 5.56 Å². The molecule has 0 saturated carbocycles. The predicted octanol–water partition coefficient (Wildman–Crippen LogP) is 3.18. The lowest BCUT2D eigenvalue weighted by Crippen LogP contribution is -2.22. The Morgan fingerprint density at radius 1 is 1.29 bits per heavy atom. The van der Waals surface area contributed by atoms with Gasteiger partial charge in [0.25, 0.3) is 0 Å². The largest absolute Gasteiger partial charge is 0.396 e. The minimum atomic E-state index is 0.104. The summed E-state index contributed by atoms with van der Waals surface area (Å²) in [4.78, 5) is 6.73. The molecule has 144 valence electrons. The normalized spacial score (nSPS) is 19.5. The number of pyridine rings is 1. The third-order valence-corrected chi connectivity index (χ3v) is 5.80. The monoisotopic (exact) mass is 375 g/mol. The summed E-state index contributed by atoms with van der Waals surface area (Å²) >= 11 is 0. The summed E-state index contributed by atoms with van der Waals surface area (Å²) in [5.74, 6) is 0.684. The van der Waals surface area contributed by atoms with E-state index in [1.807, 2.05) is 25.5 Å². The Morgan fingerprint density at radius 3 is 2.75 bits per heavy atom. The number of hydrogen-bond acceptors (Lipinski definition) is 5. The molecule has 0 spiro atoms. The maximum Gasteiger partial charge on any atom is 0.103 e. The molecule has 0 amide bonds. The van der Waals surface area contributed by atoms with Crippen molar-refractivity contribution in [3.8, 4) is 6.07 Å². The molecule has 4 rings (SSSR count). The number of aryl methyl sites for hydroxylation is 1. The van der Waals surface area contributed by atoms with Gasteiger partial charge >= 0.3 is 0 Å². The summed E-state index contributed by atoms with van der Waals surface area (Å²) in [6, 6.07) is 8.62. The van der Waals surface area contributed by atoms with Crippen molar-refractivity contribution in [3.05, 3.63) is 53.5 Å². The summed E-state index contributed by atoms with van der Waals surface area (Å²) < 4.78 is 1.80. The van der Waals surface area contributed by atoms with Crippen LogP contribution in [0.2, 0.25) is 0 Å². The molecule has 28 heavy (non-hydrogen) atoms. The number of nitrogens with zero attached hydrogens (tertiary/aromatic N) is 5. The van der Waals surface area contributed by atoms with Crippen LogP contribution in [-0.2, 0) is 7.05 Å². The van der Waals surface area contributed by atoms with E-state index < -0.39 is 0 Å². The molecule has 6 nitrogen and oxygen atoms in total. The topological polar surface area (TPSA) is 78.0 Å². The van der Waals surface area contributed by atoms with Crippen LogP contribution < -0.4 is 4.90 Å². The van der Waals surface area contributed by atoms with E-state index >= 15 is 0 Å². The van der Waals surface area contributed by atoms with Crippen molar-refractivity contribution in [2.24, 2.45) is 13.0 Å². The number of aliphatic hydroxyl groups excluding tert-OH is 1. The number of hydrogen-bond donors (Lipinski definition) is 1. The van der Waals surface area contributed by atoms with Crippen LogP contribution in [-0.4, -0.2) is 39.6 Å². The van der Waals surface area contributed by atoms with Crippen LogP contribution in [0, 0.1) is 17.2 Å². The molecule has 1 saturated heterocycles. The molecule has 2 aromatic heterocycles. The van der Waals surface area contributed by atoms with Gasteiger partial charge in [-0.05, 0) is 29.2 Å². The van der Waals surface area contributed by atoms with Crippen molar-refractivity contribution in [3.63, 3.8) is 0 Å². The van der Waals surface area contributed by atoms with Gasteiger partial charge in [-0.25, -0.2) is 0 Å². The third kappa shape index (κ3) is 3.12. The molecule has 1 aliphatic heterocycles. The van der Waals surface area contributed by atoms with Crippen LogP contribution in [0.3, 0.4) is 0 Å². The van der Waals surface area contributed by atoms with E-state index in [0.29, 0.717) is 18.0 Å². The van der Waals surface area contributed by atoms with Gasteiger partial charge in [0.15, 0.2) is 0 Å². The van der Waals surface area contributed by atoms with Crippen molar-refractivity contribution in [1.29, 1.82) is 5.26 Å². The van der Waals surface area contributed by atoms with Gasteiger partial charge in [-0.3, -0.25) is 9.67 Å². The Balaban J connectivity index is 1.81. The summed E-state index contributed by atoms with van der Waals surface area (Å²) in [6.07, 6.45) is 5.56. The molecule has 0 aliphatic carbocycles. The van der Waals surface area contributed by atoms with Gasteiger partial charge in [0.2, 0.25) is 0 Å². The fourth-order valence-corrected chi connectivity index (χ4v) is 4.23. The number of nitriles is 1. The Hall–Kier alpha value is -2.91. The van der Waals surface area contributed by atoms with E-state index in [2.05, 4.69) is 47.0 Å². The quantitative estimate of drug-likeness (QED) is 0.758. The van der Waals surface area contributed by atoms with Gasteiger partial charge in [-0.15, -0.1) is 0 Å². The first-order valence-corrected chi connectivity index (χ1v) is 9.69. The number of benzene rings is 1. The van der Waals surface area contributed by atoms with Crippen LogP contribution in [0.5, 0.6) is 0 Å². The number of anilines is 1. The Kier molecular flexibility index (Phi) is 4.78. The molecule has 1 aromatic carbocycles. The molecule has 3 heterocycles. The Labute approximate surface area is 165 Å². The average Bonchev–Trinajstić information content (AvgIpc) is 3.32. The van der Waals surface area contributed by atoms with Crippen molar-refractivity contribution in [1.82, 2.24) is 14.8 Å². The number of rotatable bonds is 4. The minimum absolute atomic E-state index is 0.104. The van der Waals surface area contributed by atoms with E-state index in [0.717, 1.165) is 28.7 Å². The summed E-state index contributed by atoms with van der Waals surface area (Å²) in [6.45, 7) is 5.89. The molecule has 2 atom stereocenters. The zero-order valence-corrected chi connectivity index (χ0v) is 16.5. The van der Waals surface area contributed by atoms with Crippen molar-refractivity contribution in [2.75, 3.05) is 24.6 Å². The molecule has 0 unspecified atom stereocenters. The molecule has 0 bridgehead atoms. The van der Waals surface area contributed by atoms with Crippen LogP contribution in [0.1, 0.15) is 42.4 Å². The maximum atomic E-state index is 9.99. The van der Waals surface area contributed by atoms with Crippen LogP contribution >= 0.6 is 0 Å². The van der Waals surface area contributed by atoms with Crippen LogP contribution in [0.25, 0.3) is 10.9 Å². The maximum absolute atomic E-state index is 9.99. The number of aliphatic hydroxyl groups is 1. The zero-order chi connectivity index (χ0) is 19.8. The summed E-state index contributed by atoms with van der Waals surface area (Å²) in [7, 11) is 1.90. The second-order valence-corrected chi connectivity index (χ2v) is 7.97. The first kappa shape index (κ1) is 18.5. The van der Waals surface area contributed by atoms with Gasteiger partial charge in [-0.1, -0.05) is 19.9 Å². The van der Waals surface area contributed by atoms with Gasteiger partial charge in [0.1, 0.15) is 6.07 Å². The second kappa shape index (κ2) is 7.25. The van der Waals surface area contributed by atoms with Crippen LogP contribution in [0.4, 0.5) is 5.69 Å². The number of aromatic nitrogens is 3. The minimum Gasteiger partial charge on any atom is -0.396 e. The van der Waals surface area contributed by atoms with Crippen LogP contribution in [0.15, 0.2) is 36.8 Å². The smallest absolute Gasteiger partial charge is 0.103 e. The average molecular weight is 375 g/mol. The lowest BCUT2D eigenvalue weighted by Gasteiger charge is -2.22. The van der Waals surface area contributed by atoms with Gasteiger partial charge in [-0.2, -0.15) is 10.4 Å². The fourth-order valence-electron chi connectivity index (χ4n) is 4.23. The first-order chi connectivity index (χ1) is 13.5. The molecule has 0 radical (unpaired) electrons. The molecular weight excluding hydrogens is 350 g/mol. The predicted molar refractivity (Wildman–Crippen MR) is 109 cm³/mol. The first-order valence-electron chi connectivity index (χ1n) is 9.69. The number of fused-ring (bicyclic) bond motifs is 1. The van der Waals surface area contributed by atoms with Crippen molar-refractivity contribution in [2.45, 2.75) is 25.7 Å². The SMILES string of the molecule is CC(C)c1ccc2ncc(C#N)c(N3C[C@@H](CO)[C@H](c4cnn(C)c4)C3)c2c1. The standard InChI is InChI=1S/C22H25N5O/c1-14(2)15-4-5-21-19(6-15)22(16(7-23)8-24-21)27-11-18(13-28)20(12-27)17-9-25-26(3)10-17/h4-6,8-10,14,18,20,28H,11-13H2,1-3H3/t18-,20-/m0/s1. The zero-order valence-electron chi connectivity index (χ0n) is 16.5. The molecule has 3 aromatic rings. The lowest BCUT2D eigenvalue weighted by molar-refractivity contribution is 0.227. The summed E-state index contributed by atoms with van der Waals surface area (Å²) in [5.41, 5.74) is 4.76.